The summed E-state index contributed by atoms with van der Waals surface area (Å²) in [4.78, 5) is 18.7. The minimum absolute atomic E-state index is 0.717. The smallest absolute Gasteiger partial charge is 0.160 e. The zero-order chi connectivity index (χ0) is 28.1. The van der Waals surface area contributed by atoms with E-state index in [0.717, 1.165) is 67.4 Å². The second-order valence-electron chi connectivity index (χ2n) is 10.0. The van der Waals surface area contributed by atoms with Crippen molar-refractivity contribution in [3.63, 3.8) is 0 Å². The fraction of sp³-hybridized carbons (Fsp3) is 0. The maximum Gasteiger partial charge on any atom is 0.160 e. The summed E-state index contributed by atoms with van der Waals surface area (Å²) in [5.41, 5.74) is 11.4. The van der Waals surface area contributed by atoms with Crippen molar-refractivity contribution in [2.45, 2.75) is 0 Å². The first-order valence-electron chi connectivity index (χ1n) is 13.9. The fourth-order valence-corrected chi connectivity index (χ4v) is 5.01. The second-order valence-corrected chi connectivity index (χ2v) is 10.0. The normalized spacial score (nSPS) is 10.9. The van der Waals surface area contributed by atoms with E-state index < -0.39 is 0 Å². The topological polar surface area (TPSA) is 51.6 Å². The third-order valence-corrected chi connectivity index (χ3v) is 7.28. The zero-order valence-electron chi connectivity index (χ0n) is 22.8. The van der Waals surface area contributed by atoms with Crippen molar-refractivity contribution in [3.8, 4) is 67.4 Å². The Morgan fingerprint density at radius 3 is 1.38 bits per heavy atom. The lowest BCUT2D eigenvalue weighted by Gasteiger charge is -2.10. The predicted octanol–water partition coefficient (Wildman–Crippen LogP) is 9.27. The molecule has 198 valence electrons. The van der Waals surface area contributed by atoms with E-state index in [0.29, 0.717) is 0 Å². The summed E-state index contributed by atoms with van der Waals surface area (Å²) in [7, 11) is 0. The van der Waals surface area contributed by atoms with Crippen molar-refractivity contribution in [3.05, 3.63) is 158 Å². The first kappa shape index (κ1) is 25.2. The Hall–Kier alpha value is -5.74. The Bertz CT molecular complexity index is 1860. The van der Waals surface area contributed by atoms with Crippen LogP contribution in [0.1, 0.15) is 0 Å². The molecule has 0 radical (unpaired) electrons. The molecular formula is C38H26N4. The van der Waals surface area contributed by atoms with Gasteiger partial charge in [0, 0.05) is 46.4 Å². The van der Waals surface area contributed by atoms with Gasteiger partial charge in [0.15, 0.2) is 5.82 Å². The van der Waals surface area contributed by atoms with E-state index in [1.165, 1.54) is 0 Å². The molecule has 0 aliphatic carbocycles. The summed E-state index contributed by atoms with van der Waals surface area (Å²) >= 11 is 0. The van der Waals surface area contributed by atoms with Crippen LogP contribution in [0.15, 0.2) is 158 Å². The van der Waals surface area contributed by atoms with Gasteiger partial charge in [0.25, 0.3) is 0 Å². The SMILES string of the molecule is c1ccc(-c2cc(-c3ccc(-c4ccc(-c5ccc(-c6cccnc6)nc5)cc4)cc3)nc(-c3ccccc3)n2)cc1. The Labute approximate surface area is 245 Å². The van der Waals surface area contributed by atoms with Crippen molar-refractivity contribution < 1.29 is 0 Å². The van der Waals surface area contributed by atoms with Gasteiger partial charge in [0.05, 0.1) is 17.1 Å². The zero-order valence-corrected chi connectivity index (χ0v) is 22.8. The molecule has 7 aromatic rings. The highest BCUT2D eigenvalue weighted by Gasteiger charge is 2.11. The van der Waals surface area contributed by atoms with Gasteiger partial charge in [-0.2, -0.15) is 0 Å². The maximum atomic E-state index is 4.95. The average molecular weight is 539 g/mol. The van der Waals surface area contributed by atoms with E-state index in [4.69, 9.17) is 9.97 Å². The van der Waals surface area contributed by atoms with Crippen LogP contribution in [0.25, 0.3) is 67.4 Å². The molecule has 0 saturated heterocycles. The molecule has 0 amide bonds. The first-order chi connectivity index (χ1) is 20.8. The lowest BCUT2D eigenvalue weighted by atomic mass is 9.99. The lowest BCUT2D eigenvalue weighted by molar-refractivity contribution is 1.18. The van der Waals surface area contributed by atoms with Crippen LogP contribution in [0.3, 0.4) is 0 Å². The van der Waals surface area contributed by atoms with Crippen LogP contribution in [-0.4, -0.2) is 19.9 Å². The molecule has 0 atom stereocenters. The molecule has 0 bridgehead atoms. The van der Waals surface area contributed by atoms with Crippen LogP contribution >= 0.6 is 0 Å². The molecule has 3 aromatic heterocycles. The number of aromatic nitrogens is 4. The van der Waals surface area contributed by atoms with Crippen molar-refractivity contribution in [1.29, 1.82) is 0 Å². The van der Waals surface area contributed by atoms with Gasteiger partial charge in [-0.15, -0.1) is 0 Å². The van der Waals surface area contributed by atoms with Crippen molar-refractivity contribution in [2.24, 2.45) is 0 Å². The molecule has 0 saturated carbocycles. The number of benzene rings is 4. The van der Waals surface area contributed by atoms with Gasteiger partial charge in [0.1, 0.15) is 0 Å². The lowest BCUT2D eigenvalue weighted by Crippen LogP contribution is -1.95. The van der Waals surface area contributed by atoms with Crippen LogP contribution in [0.5, 0.6) is 0 Å². The molecule has 0 N–H and O–H groups in total. The standard InChI is InChI=1S/C38H26N4/c1-3-8-30(9-4-1)36-24-37(42-38(41-36)32-10-5-2-6-11-32)31-19-17-28(18-20-31)27-13-15-29(16-14-27)33-21-22-35(40-26-33)34-12-7-23-39-25-34/h1-26H. The summed E-state index contributed by atoms with van der Waals surface area (Å²) in [6, 6.07) is 47.7. The number of hydrogen-bond donors (Lipinski definition) is 0. The van der Waals surface area contributed by atoms with Crippen molar-refractivity contribution >= 4 is 0 Å². The summed E-state index contributed by atoms with van der Waals surface area (Å²) in [5, 5.41) is 0. The van der Waals surface area contributed by atoms with E-state index >= 15 is 0 Å². The highest BCUT2D eigenvalue weighted by Crippen LogP contribution is 2.30. The maximum absolute atomic E-state index is 4.95. The van der Waals surface area contributed by atoms with Gasteiger partial charge in [-0.1, -0.05) is 115 Å². The Morgan fingerprint density at radius 1 is 0.333 bits per heavy atom. The third-order valence-electron chi connectivity index (χ3n) is 7.28. The average Bonchev–Trinajstić information content (AvgIpc) is 3.09. The highest BCUT2D eigenvalue weighted by atomic mass is 14.9. The van der Waals surface area contributed by atoms with Crippen molar-refractivity contribution in [2.75, 3.05) is 0 Å². The van der Waals surface area contributed by atoms with E-state index in [1.54, 1.807) is 6.20 Å². The molecule has 0 aliphatic rings. The predicted molar refractivity (Wildman–Crippen MR) is 170 cm³/mol. The molecular weight excluding hydrogens is 512 g/mol. The molecule has 7 rings (SSSR count). The molecule has 0 aliphatic heterocycles. The quantitative estimate of drug-likeness (QED) is 0.212. The highest BCUT2D eigenvalue weighted by molar-refractivity contribution is 5.75. The molecule has 0 unspecified atom stereocenters. The van der Waals surface area contributed by atoms with Crippen LogP contribution in [0.2, 0.25) is 0 Å². The Morgan fingerprint density at radius 2 is 0.833 bits per heavy atom. The molecule has 0 spiro atoms. The first-order valence-corrected chi connectivity index (χ1v) is 13.9. The van der Waals surface area contributed by atoms with Gasteiger partial charge in [-0.05, 0) is 41.0 Å². The van der Waals surface area contributed by atoms with Crippen molar-refractivity contribution in [1.82, 2.24) is 19.9 Å². The largest absolute Gasteiger partial charge is 0.264 e. The molecule has 42 heavy (non-hydrogen) atoms. The van der Waals surface area contributed by atoms with Crippen LogP contribution in [0, 0.1) is 0 Å². The molecule has 4 heteroatoms. The third kappa shape index (κ3) is 5.34. The summed E-state index contributed by atoms with van der Waals surface area (Å²) < 4.78 is 0. The number of nitrogens with zero attached hydrogens (tertiary/aromatic N) is 4. The minimum Gasteiger partial charge on any atom is -0.264 e. The van der Waals surface area contributed by atoms with Crippen LogP contribution < -0.4 is 0 Å². The molecule has 4 aromatic carbocycles. The summed E-state index contributed by atoms with van der Waals surface area (Å²) in [6.45, 7) is 0. The molecule has 4 nitrogen and oxygen atoms in total. The monoisotopic (exact) mass is 538 g/mol. The second kappa shape index (κ2) is 11.4. The van der Waals surface area contributed by atoms with Crippen LogP contribution in [0.4, 0.5) is 0 Å². The Kier molecular flexibility index (Phi) is 6.85. The van der Waals surface area contributed by atoms with E-state index in [9.17, 15) is 0 Å². The molecule has 0 fully saturated rings. The number of hydrogen-bond acceptors (Lipinski definition) is 4. The van der Waals surface area contributed by atoms with E-state index in [1.807, 2.05) is 79.1 Å². The fourth-order valence-electron chi connectivity index (χ4n) is 5.01. The summed E-state index contributed by atoms with van der Waals surface area (Å²) in [5.74, 6) is 0.717. The van der Waals surface area contributed by atoms with E-state index in [2.05, 4.69) is 82.8 Å². The minimum atomic E-state index is 0.717. The van der Waals surface area contributed by atoms with Gasteiger partial charge in [0.2, 0.25) is 0 Å². The van der Waals surface area contributed by atoms with Gasteiger partial charge < -0.3 is 0 Å². The van der Waals surface area contributed by atoms with Crippen LogP contribution in [-0.2, 0) is 0 Å². The van der Waals surface area contributed by atoms with Gasteiger partial charge in [-0.25, -0.2) is 9.97 Å². The van der Waals surface area contributed by atoms with Gasteiger partial charge in [-0.3, -0.25) is 9.97 Å². The molecule has 3 heterocycles. The Balaban J connectivity index is 1.15. The van der Waals surface area contributed by atoms with E-state index in [-0.39, 0.29) is 0 Å². The number of rotatable bonds is 6. The summed E-state index contributed by atoms with van der Waals surface area (Å²) in [6.07, 6.45) is 5.52. The van der Waals surface area contributed by atoms with Gasteiger partial charge >= 0.3 is 0 Å². The number of pyridine rings is 2.